The van der Waals surface area contributed by atoms with Gasteiger partial charge in [0.05, 0.1) is 12.4 Å². The van der Waals surface area contributed by atoms with Crippen LogP contribution in [0.4, 0.5) is 0 Å². The van der Waals surface area contributed by atoms with Gasteiger partial charge in [-0.3, -0.25) is 0 Å². The zero-order valence-corrected chi connectivity index (χ0v) is 13.2. The van der Waals surface area contributed by atoms with Crippen LogP contribution < -0.4 is 0 Å². The van der Waals surface area contributed by atoms with Crippen LogP contribution in [0.1, 0.15) is 29.8 Å². The number of alkyl halides is 2. The Morgan fingerprint density at radius 2 is 1.69 bits per heavy atom. The van der Waals surface area contributed by atoms with E-state index in [0.717, 1.165) is 11.1 Å². The van der Waals surface area contributed by atoms with Crippen LogP contribution in [0.3, 0.4) is 0 Å². The Morgan fingerprint density at radius 3 is 2.25 bits per heavy atom. The van der Waals surface area contributed by atoms with E-state index in [2.05, 4.69) is 59.0 Å². The van der Waals surface area contributed by atoms with E-state index in [0.29, 0.717) is 0 Å². The van der Waals surface area contributed by atoms with Gasteiger partial charge < -0.3 is 4.74 Å². The summed E-state index contributed by atoms with van der Waals surface area (Å²) in [5.41, 5.74) is 1.34. The number of carbonyl (C=O) groups is 1. The van der Waals surface area contributed by atoms with Crippen molar-refractivity contribution in [2.75, 3.05) is 0 Å². The summed E-state index contributed by atoms with van der Waals surface area (Å²) in [6.45, 7) is 4.30. The van der Waals surface area contributed by atoms with Crippen LogP contribution >= 0.6 is 45.2 Å². The standard InChI is InChI=1S/C12H10I2O2/c1-10(13)11(2,14)12(10)8-6-4-3-5-7(8)9(15)16-12/h3-6H,1-2H3. The van der Waals surface area contributed by atoms with Crippen molar-refractivity contribution in [3.63, 3.8) is 0 Å². The molecule has 0 amide bonds. The molecule has 1 aromatic rings. The van der Waals surface area contributed by atoms with Crippen LogP contribution in [0.25, 0.3) is 0 Å². The molecule has 1 aromatic carbocycles. The number of benzene rings is 1. The van der Waals surface area contributed by atoms with E-state index in [1.807, 2.05) is 24.3 Å². The molecule has 2 atom stereocenters. The average Bonchev–Trinajstić information content (AvgIpc) is 2.52. The fourth-order valence-electron chi connectivity index (χ4n) is 2.69. The SMILES string of the molecule is CC1(I)C(C)(I)C12OC(=O)c1ccccc12. The first-order valence-corrected chi connectivity index (χ1v) is 7.23. The predicted molar refractivity (Wildman–Crippen MR) is 78.4 cm³/mol. The number of halogens is 2. The molecule has 1 saturated carbocycles. The summed E-state index contributed by atoms with van der Waals surface area (Å²) in [4.78, 5) is 11.9. The number of rotatable bonds is 0. The molecule has 2 nitrogen and oxygen atoms in total. The third-order valence-electron chi connectivity index (χ3n) is 3.91. The Bertz CT molecular complexity index is 491. The first kappa shape index (κ1) is 11.3. The molecular formula is C12H10I2O2. The summed E-state index contributed by atoms with van der Waals surface area (Å²) in [5.74, 6) is -0.182. The summed E-state index contributed by atoms with van der Waals surface area (Å²) in [5, 5.41) is 0. The monoisotopic (exact) mass is 440 g/mol. The molecule has 0 N–H and O–H groups in total. The molecule has 0 saturated heterocycles. The highest BCUT2D eigenvalue weighted by Gasteiger charge is 2.86. The van der Waals surface area contributed by atoms with E-state index in [1.165, 1.54) is 0 Å². The number of esters is 1. The van der Waals surface area contributed by atoms with E-state index >= 15 is 0 Å². The van der Waals surface area contributed by atoms with Gasteiger partial charge in [-0.05, 0) is 19.9 Å². The average molecular weight is 440 g/mol. The van der Waals surface area contributed by atoms with Crippen LogP contribution in [0, 0.1) is 0 Å². The van der Waals surface area contributed by atoms with Gasteiger partial charge in [0.25, 0.3) is 0 Å². The van der Waals surface area contributed by atoms with E-state index in [4.69, 9.17) is 4.74 Å². The van der Waals surface area contributed by atoms with Gasteiger partial charge in [-0.1, -0.05) is 63.4 Å². The molecule has 3 rings (SSSR count). The van der Waals surface area contributed by atoms with Crippen LogP contribution in [-0.2, 0) is 10.3 Å². The molecule has 1 spiro atoms. The van der Waals surface area contributed by atoms with Crippen molar-refractivity contribution in [2.24, 2.45) is 0 Å². The van der Waals surface area contributed by atoms with Crippen molar-refractivity contribution in [1.82, 2.24) is 0 Å². The first-order valence-electron chi connectivity index (χ1n) is 5.07. The van der Waals surface area contributed by atoms with Crippen LogP contribution in [0.15, 0.2) is 24.3 Å². The lowest BCUT2D eigenvalue weighted by Crippen LogP contribution is -2.17. The van der Waals surface area contributed by atoms with Gasteiger partial charge in [0, 0.05) is 5.56 Å². The Labute approximate surface area is 121 Å². The molecule has 0 bridgehead atoms. The number of hydrogen-bond donors (Lipinski definition) is 0. The Balaban J connectivity index is 2.27. The van der Waals surface area contributed by atoms with Gasteiger partial charge in [0.15, 0.2) is 5.60 Å². The lowest BCUT2D eigenvalue weighted by molar-refractivity contribution is 0.0281. The molecule has 2 aliphatic rings. The lowest BCUT2D eigenvalue weighted by Gasteiger charge is -2.13. The second-order valence-corrected chi connectivity index (χ2v) is 8.94. The van der Waals surface area contributed by atoms with Gasteiger partial charge >= 0.3 is 5.97 Å². The predicted octanol–water partition coefficient (Wildman–Crippen LogP) is 3.45. The fourth-order valence-corrected chi connectivity index (χ4v) is 5.58. The fraction of sp³-hybridized carbons (Fsp3) is 0.417. The molecule has 1 aliphatic carbocycles. The Morgan fingerprint density at radius 1 is 1.12 bits per heavy atom. The highest BCUT2D eigenvalue weighted by Crippen LogP contribution is 2.77. The number of carbonyl (C=O) groups excluding carboxylic acids is 1. The van der Waals surface area contributed by atoms with Crippen LogP contribution in [0.2, 0.25) is 0 Å². The molecule has 16 heavy (non-hydrogen) atoms. The molecular weight excluding hydrogens is 430 g/mol. The maximum atomic E-state index is 11.9. The van der Waals surface area contributed by atoms with Gasteiger partial charge in [-0.25, -0.2) is 4.79 Å². The van der Waals surface area contributed by atoms with E-state index in [9.17, 15) is 4.79 Å². The summed E-state index contributed by atoms with van der Waals surface area (Å²) >= 11 is 4.82. The second kappa shape index (κ2) is 2.93. The normalized spacial score (nSPS) is 44.4. The summed E-state index contributed by atoms with van der Waals surface area (Å²) < 4.78 is 5.62. The third-order valence-corrected chi connectivity index (χ3v) is 8.62. The topological polar surface area (TPSA) is 26.3 Å². The smallest absolute Gasteiger partial charge is 0.339 e. The Kier molecular flexibility index (Phi) is 2.06. The second-order valence-electron chi connectivity index (χ2n) is 4.62. The third kappa shape index (κ3) is 0.935. The highest BCUT2D eigenvalue weighted by atomic mass is 127. The minimum atomic E-state index is -0.436. The molecule has 1 fully saturated rings. The van der Waals surface area contributed by atoms with Crippen molar-refractivity contribution < 1.29 is 9.53 Å². The van der Waals surface area contributed by atoms with Gasteiger partial charge in [-0.2, -0.15) is 0 Å². The number of hydrogen-bond acceptors (Lipinski definition) is 2. The quantitative estimate of drug-likeness (QED) is 0.351. The minimum Gasteiger partial charge on any atom is -0.448 e. The summed E-state index contributed by atoms with van der Waals surface area (Å²) in [6.07, 6.45) is 0. The van der Waals surface area contributed by atoms with E-state index in [1.54, 1.807) is 0 Å². The molecule has 0 radical (unpaired) electrons. The largest absolute Gasteiger partial charge is 0.448 e. The van der Waals surface area contributed by atoms with Gasteiger partial charge in [0.2, 0.25) is 0 Å². The van der Waals surface area contributed by atoms with Gasteiger partial charge in [-0.15, -0.1) is 0 Å². The van der Waals surface area contributed by atoms with Crippen molar-refractivity contribution in [3.05, 3.63) is 35.4 Å². The number of ether oxygens (including phenoxy) is 1. The lowest BCUT2D eigenvalue weighted by atomic mass is 10.0. The Hall–Kier alpha value is 0.150. The first-order chi connectivity index (χ1) is 7.36. The molecule has 4 heteroatoms. The molecule has 1 heterocycles. The minimum absolute atomic E-state index is 0.0411. The van der Waals surface area contributed by atoms with Crippen molar-refractivity contribution in [2.45, 2.75) is 26.3 Å². The summed E-state index contributed by atoms with van der Waals surface area (Å²) in [7, 11) is 0. The molecule has 0 aromatic heterocycles. The van der Waals surface area contributed by atoms with Crippen molar-refractivity contribution in [1.29, 1.82) is 0 Å². The van der Waals surface area contributed by atoms with E-state index < -0.39 is 5.60 Å². The molecule has 2 unspecified atom stereocenters. The molecule has 1 aliphatic heterocycles. The molecule has 84 valence electrons. The van der Waals surface area contributed by atoms with E-state index in [-0.39, 0.29) is 12.8 Å². The van der Waals surface area contributed by atoms with Gasteiger partial charge in [0.1, 0.15) is 0 Å². The van der Waals surface area contributed by atoms with Crippen LogP contribution in [0.5, 0.6) is 0 Å². The maximum absolute atomic E-state index is 11.9. The maximum Gasteiger partial charge on any atom is 0.339 e. The number of fused-ring (bicyclic) bond motifs is 2. The van der Waals surface area contributed by atoms with Crippen molar-refractivity contribution in [3.8, 4) is 0 Å². The van der Waals surface area contributed by atoms with Crippen molar-refractivity contribution >= 4 is 51.2 Å². The zero-order chi connectivity index (χ0) is 11.8. The zero-order valence-electron chi connectivity index (χ0n) is 8.88. The van der Waals surface area contributed by atoms with Crippen LogP contribution in [-0.4, -0.2) is 12.8 Å². The summed E-state index contributed by atoms with van der Waals surface area (Å²) in [6, 6.07) is 7.72. The highest BCUT2D eigenvalue weighted by molar-refractivity contribution is 14.1.